The van der Waals surface area contributed by atoms with Gasteiger partial charge in [0.2, 0.25) is 5.91 Å². The second-order valence-electron chi connectivity index (χ2n) is 6.86. The average molecular weight is 407 g/mol. The first-order chi connectivity index (χ1) is 14.1. The number of amides is 2. The van der Waals surface area contributed by atoms with Crippen LogP contribution in [0.5, 0.6) is 5.75 Å². The minimum absolute atomic E-state index is 0.0715. The van der Waals surface area contributed by atoms with E-state index in [0.717, 1.165) is 10.4 Å². The lowest BCUT2D eigenvalue weighted by atomic mass is 9.81. The summed E-state index contributed by atoms with van der Waals surface area (Å²) in [6.45, 7) is 2.41. The number of hydrogen-bond acceptors (Lipinski definition) is 4. The molecule has 0 spiro atoms. The van der Waals surface area contributed by atoms with Crippen molar-refractivity contribution in [2.24, 2.45) is 0 Å². The van der Waals surface area contributed by atoms with Crippen molar-refractivity contribution in [1.29, 1.82) is 0 Å². The molecule has 0 fully saturated rings. The summed E-state index contributed by atoms with van der Waals surface area (Å²) in [5.41, 5.74) is 1.95. The fraction of sp³-hybridized carbons (Fsp3) is 0.217. The first-order valence-electron chi connectivity index (χ1n) is 9.54. The fourth-order valence-electron chi connectivity index (χ4n) is 3.83. The Morgan fingerprint density at radius 2 is 1.86 bits per heavy atom. The highest BCUT2D eigenvalue weighted by atomic mass is 32.1. The Morgan fingerprint density at radius 3 is 2.62 bits per heavy atom. The molecule has 148 valence electrons. The van der Waals surface area contributed by atoms with E-state index in [-0.39, 0.29) is 17.9 Å². The van der Waals surface area contributed by atoms with Gasteiger partial charge in [-0.1, -0.05) is 36.4 Å². The molecule has 1 aliphatic rings. The number of hydrogen-bond donors (Lipinski definition) is 1. The number of nitrogens with one attached hydrogen (secondary N) is 1. The Morgan fingerprint density at radius 1 is 1.10 bits per heavy atom. The van der Waals surface area contributed by atoms with E-state index in [1.165, 1.54) is 0 Å². The maximum Gasteiger partial charge on any atom is 0.254 e. The summed E-state index contributed by atoms with van der Waals surface area (Å²) in [6.07, 6.45) is 0. The molecule has 0 bridgehead atoms. The van der Waals surface area contributed by atoms with Gasteiger partial charge in [-0.3, -0.25) is 9.59 Å². The van der Waals surface area contributed by atoms with Crippen LogP contribution >= 0.6 is 11.3 Å². The number of likely N-dealkylation sites (N-methyl/N-ethyl adjacent to an activating group) is 1. The van der Waals surface area contributed by atoms with E-state index in [2.05, 4.69) is 5.32 Å². The van der Waals surface area contributed by atoms with Gasteiger partial charge in [0.25, 0.3) is 5.91 Å². The van der Waals surface area contributed by atoms with Crippen LogP contribution in [0.1, 0.15) is 39.7 Å². The van der Waals surface area contributed by atoms with Crippen LogP contribution in [-0.2, 0) is 4.79 Å². The summed E-state index contributed by atoms with van der Waals surface area (Å²) >= 11 is 1.55. The first-order valence-corrected chi connectivity index (χ1v) is 10.4. The zero-order valence-corrected chi connectivity index (χ0v) is 17.1. The summed E-state index contributed by atoms with van der Waals surface area (Å²) in [4.78, 5) is 29.2. The summed E-state index contributed by atoms with van der Waals surface area (Å²) in [5.74, 6) is -0.132. The zero-order chi connectivity index (χ0) is 20.4. The van der Waals surface area contributed by atoms with Crippen LogP contribution in [0.4, 0.5) is 5.69 Å². The van der Waals surface area contributed by atoms with Gasteiger partial charge in [0, 0.05) is 17.5 Å². The number of anilines is 1. The molecule has 2 heterocycles. The molecule has 0 aliphatic carbocycles. The van der Waals surface area contributed by atoms with Gasteiger partial charge in [-0.2, -0.15) is 0 Å². The average Bonchev–Trinajstić information content (AvgIpc) is 3.26. The molecule has 6 heteroatoms. The van der Waals surface area contributed by atoms with Gasteiger partial charge in [0.15, 0.2) is 0 Å². The Kier molecular flexibility index (Phi) is 5.36. The van der Waals surface area contributed by atoms with E-state index in [1.54, 1.807) is 29.4 Å². The van der Waals surface area contributed by atoms with Crippen LogP contribution < -0.4 is 10.1 Å². The molecule has 5 nitrogen and oxygen atoms in total. The van der Waals surface area contributed by atoms with E-state index in [9.17, 15) is 9.59 Å². The number of ether oxygens (including phenoxy) is 1. The Bertz CT molecular complexity index is 1030. The van der Waals surface area contributed by atoms with Gasteiger partial charge in [-0.15, -0.1) is 11.3 Å². The molecule has 0 saturated carbocycles. The molecule has 1 aliphatic heterocycles. The van der Waals surface area contributed by atoms with Crippen molar-refractivity contribution in [1.82, 2.24) is 4.90 Å². The number of carbonyl (C=O) groups is 2. The predicted octanol–water partition coefficient (Wildman–Crippen LogP) is 4.70. The third kappa shape index (κ3) is 3.51. The van der Waals surface area contributed by atoms with E-state index in [0.29, 0.717) is 23.6 Å². The summed E-state index contributed by atoms with van der Waals surface area (Å²) in [7, 11) is 1.76. The molecule has 29 heavy (non-hydrogen) atoms. The van der Waals surface area contributed by atoms with Crippen LogP contribution in [-0.4, -0.2) is 30.4 Å². The second kappa shape index (κ2) is 8.09. The van der Waals surface area contributed by atoms with Gasteiger partial charge in [0.05, 0.1) is 24.3 Å². The standard InChI is InChI=1S/C23H22N2O3S/c1-3-28-18-12-7-6-11-17(18)24-22(26)20-15-9-4-5-10-16(15)23(27)25(2)21(20)19-13-8-14-29-19/h4-14,20-21H,3H2,1-2H3,(H,24,26). The lowest BCUT2D eigenvalue weighted by Gasteiger charge is -2.39. The SMILES string of the molecule is CCOc1ccccc1NC(=O)C1c2ccccc2C(=O)N(C)C1c1cccs1. The van der Waals surface area contributed by atoms with Crippen LogP contribution in [0.2, 0.25) is 0 Å². The lowest BCUT2D eigenvalue weighted by molar-refractivity contribution is -0.119. The largest absolute Gasteiger partial charge is 0.492 e. The number of para-hydroxylation sites is 2. The van der Waals surface area contributed by atoms with Gasteiger partial charge in [-0.05, 0) is 42.1 Å². The Balaban J connectivity index is 1.77. The van der Waals surface area contributed by atoms with Crippen molar-refractivity contribution < 1.29 is 14.3 Å². The Labute approximate surface area is 173 Å². The molecular formula is C23H22N2O3S. The smallest absolute Gasteiger partial charge is 0.254 e. The minimum Gasteiger partial charge on any atom is -0.492 e. The van der Waals surface area contributed by atoms with Crippen LogP contribution in [0, 0.1) is 0 Å². The number of fused-ring (bicyclic) bond motifs is 1. The monoisotopic (exact) mass is 406 g/mol. The van der Waals surface area contributed by atoms with E-state index in [4.69, 9.17) is 4.74 Å². The van der Waals surface area contributed by atoms with Crippen molar-refractivity contribution in [3.05, 3.63) is 82.0 Å². The number of carbonyl (C=O) groups excluding carboxylic acids is 2. The van der Waals surface area contributed by atoms with E-state index in [1.807, 2.05) is 66.9 Å². The van der Waals surface area contributed by atoms with Crippen molar-refractivity contribution in [2.75, 3.05) is 19.0 Å². The van der Waals surface area contributed by atoms with Crippen LogP contribution in [0.3, 0.4) is 0 Å². The highest BCUT2D eigenvalue weighted by molar-refractivity contribution is 7.10. The number of nitrogens with zero attached hydrogens (tertiary/aromatic N) is 1. The topological polar surface area (TPSA) is 58.6 Å². The molecule has 4 rings (SSSR count). The molecule has 2 atom stereocenters. The maximum absolute atomic E-state index is 13.5. The van der Waals surface area contributed by atoms with Gasteiger partial charge in [-0.25, -0.2) is 0 Å². The third-order valence-corrected chi connectivity index (χ3v) is 6.08. The van der Waals surface area contributed by atoms with Crippen molar-refractivity contribution in [3.63, 3.8) is 0 Å². The summed E-state index contributed by atoms with van der Waals surface area (Å²) in [6, 6.07) is 18.3. The van der Waals surface area contributed by atoms with E-state index >= 15 is 0 Å². The number of benzene rings is 2. The quantitative estimate of drug-likeness (QED) is 0.668. The highest BCUT2D eigenvalue weighted by Gasteiger charge is 2.43. The van der Waals surface area contributed by atoms with E-state index < -0.39 is 5.92 Å². The van der Waals surface area contributed by atoms with Crippen molar-refractivity contribution >= 4 is 28.8 Å². The predicted molar refractivity (Wildman–Crippen MR) is 115 cm³/mol. The van der Waals surface area contributed by atoms with Gasteiger partial charge < -0.3 is 15.0 Å². The second-order valence-corrected chi connectivity index (χ2v) is 7.84. The molecule has 2 unspecified atom stereocenters. The molecule has 0 saturated heterocycles. The zero-order valence-electron chi connectivity index (χ0n) is 16.3. The first kappa shape index (κ1) is 19.2. The third-order valence-electron chi connectivity index (χ3n) is 5.14. The number of rotatable bonds is 5. The molecule has 3 aromatic rings. The molecule has 1 aromatic heterocycles. The fourth-order valence-corrected chi connectivity index (χ4v) is 4.74. The van der Waals surface area contributed by atoms with Crippen molar-refractivity contribution in [2.45, 2.75) is 18.9 Å². The molecule has 2 amide bonds. The molecule has 1 N–H and O–H groups in total. The number of thiophene rings is 1. The van der Waals surface area contributed by atoms with Gasteiger partial charge in [0.1, 0.15) is 5.75 Å². The summed E-state index contributed by atoms with van der Waals surface area (Å²) in [5, 5.41) is 5.00. The lowest BCUT2D eigenvalue weighted by Crippen LogP contribution is -2.43. The van der Waals surface area contributed by atoms with Crippen molar-refractivity contribution in [3.8, 4) is 5.75 Å². The Hall–Kier alpha value is -3.12. The molecular weight excluding hydrogens is 384 g/mol. The summed E-state index contributed by atoms with van der Waals surface area (Å²) < 4.78 is 5.65. The molecule has 0 radical (unpaired) electrons. The highest BCUT2D eigenvalue weighted by Crippen LogP contribution is 2.44. The minimum atomic E-state index is -0.526. The molecule has 2 aromatic carbocycles. The van der Waals surface area contributed by atoms with Crippen LogP contribution in [0.25, 0.3) is 0 Å². The maximum atomic E-state index is 13.5. The normalized spacial score (nSPS) is 18.3. The van der Waals surface area contributed by atoms with Crippen LogP contribution in [0.15, 0.2) is 66.0 Å². The van der Waals surface area contributed by atoms with Gasteiger partial charge >= 0.3 is 0 Å².